The van der Waals surface area contributed by atoms with Crippen molar-refractivity contribution < 1.29 is 9.55 Å². The van der Waals surface area contributed by atoms with E-state index in [0.29, 0.717) is 17.1 Å². The Hall–Kier alpha value is -4.81. The van der Waals surface area contributed by atoms with Crippen LogP contribution in [0.2, 0.25) is 0 Å². The molecule has 2 heterocycles. The van der Waals surface area contributed by atoms with Crippen molar-refractivity contribution in [2.45, 2.75) is 6.92 Å². The number of hydrogen-bond donors (Lipinski definition) is 3. The van der Waals surface area contributed by atoms with E-state index < -0.39 is 4.92 Å². The molecule has 2 aromatic carbocycles. The number of nitro benzene ring substituents is 1. The first-order chi connectivity index (χ1) is 15.9. The largest absolute Gasteiger partial charge is 0.372 e. The average molecular weight is 448 g/mol. The van der Waals surface area contributed by atoms with Gasteiger partial charge in [0.05, 0.1) is 16.8 Å². The lowest BCUT2D eigenvalue weighted by Crippen LogP contribution is -2.13. The molecule has 0 unspecified atom stereocenters. The molecule has 0 bridgehead atoms. The number of aryl methyl sites for hydroxylation is 1. The van der Waals surface area contributed by atoms with Crippen molar-refractivity contribution >= 4 is 46.2 Å². The van der Waals surface area contributed by atoms with E-state index in [4.69, 9.17) is 0 Å². The van der Waals surface area contributed by atoms with Crippen LogP contribution in [0.4, 0.5) is 28.7 Å². The van der Waals surface area contributed by atoms with Gasteiger partial charge in [-0.25, -0.2) is 4.63 Å². The fraction of sp³-hybridized carbons (Fsp3) is 0.150. The number of hydrazone groups is 1. The van der Waals surface area contributed by atoms with Crippen LogP contribution < -0.4 is 21.2 Å². The van der Waals surface area contributed by atoms with Crippen LogP contribution >= 0.6 is 0 Å². The molecule has 0 spiro atoms. The molecule has 0 amide bonds. The van der Waals surface area contributed by atoms with E-state index in [9.17, 15) is 10.1 Å². The molecule has 0 saturated heterocycles. The Morgan fingerprint density at radius 1 is 1.03 bits per heavy atom. The molecule has 13 nitrogen and oxygen atoms in total. The SMILES string of the molecule is Cc1ccc(NNc2nc3nonc3nc2NN=Cc2ccc(N(C)C)c([N+](=O)[O-])c2)cc1. The number of benzene rings is 2. The summed E-state index contributed by atoms with van der Waals surface area (Å²) in [4.78, 5) is 21.3. The number of hydrazine groups is 1. The molecule has 0 radical (unpaired) electrons. The minimum absolute atomic E-state index is 0.0245. The van der Waals surface area contributed by atoms with E-state index in [0.717, 1.165) is 11.3 Å². The molecule has 33 heavy (non-hydrogen) atoms. The van der Waals surface area contributed by atoms with Crippen LogP contribution in [0, 0.1) is 17.0 Å². The molecular formula is C20H20N10O3. The molecule has 0 aliphatic heterocycles. The zero-order valence-electron chi connectivity index (χ0n) is 18.0. The molecule has 13 heteroatoms. The Morgan fingerprint density at radius 2 is 1.73 bits per heavy atom. The van der Waals surface area contributed by atoms with Crippen LogP contribution in [0.1, 0.15) is 11.1 Å². The maximum Gasteiger partial charge on any atom is 0.293 e. The van der Waals surface area contributed by atoms with E-state index in [2.05, 4.69) is 46.3 Å². The number of fused-ring (bicyclic) bond motifs is 1. The standard InChI is InChI=1S/C20H20N10O3/c1-12-4-7-14(8-5-12)24-26-18-17(22-19-20(23-18)28-33-27-19)25-21-11-13-6-9-15(29(2)3)16(10-13)30(31)32/h4-11,24H,1-3H3,(H,22,25,27)(H,23,26,28). The zero-order chi connectivity index (χ0) is 23.4. The minimum atomic E-state index is -0.435. The first-order valence-corrected chi connectivity index (χ1v) is 9.74. The van der Waals surface area contributed by atoms with Crippen LogP contribution in [-0.2, 0) is 0 Å². The lowest BCUT2D eigenvalue weighted by molar-refractivity contribution is -0.384. The lowest BCUT2D eigenvalue weighted by atomic mass is 10.2. The second-order valence-electron chi connectivity index (χ2n) is 7.22. The van der Waals surface area contributed by atoms with E-state index in [1.165, 1.54) is 12.3 Å². The molecule has 168 valence electrons. The van der Waals surface area contributed by atoms with Gasteiger partial charge in [-0.3, -0.25) is 26.4 Å². The molecule has 0 saturated carbocycles. The summed E-state index contributed by atoms with van der Waals surface area (Å²) in [6.45, 7) is 2.00. The van der Waals surface area contributed by atoms with Crippen molar-refractivity contribution in [2.24, 2.45) is 5.10 Å². The summed E-state index contributed by atoms with van der Waals surface area (Å²) >= 11 is 0. The third-order valence-electron chi connectivity index (χ3n) is 4.55. The maximum absolute atomic E-state index is 11.4. The Bertz CT molecular complexity index is 1320. The van der Waals surface area contributed by atoms with E-state index in [1.807, 2.05) is 31.2 Å². The molecule has 0 fully saturated rings. The fourth-order valence-corrected chi connectivity index (χ4v) is 2.88. The lowest BCUT2D eigenvalue weighted by Gasteiger charge is -2.12. The molecule has 4 aromatic rings. The van der Waals surface area contributed by atoms with E-state index >= 15 is 0 Å². The highest BCUT2D eigenvalue weighted by molar-refractivity contribution is 5.84. The Labute approximate surface area is 187 Å². The second kappa shape index (κ2) is 9.13. The number of nitrogens with one attached hydrogen (secondary N) is 3. The van der Waals surface area contributed by atoms with Crippen LogP contribution in [0.15, 0.2) is 52.2 Å². The molecule has 3 N–H and O–H groups in total. The van der Waals surface area contributed by atoms with Crippen molar-refractivity contribution in [1.82, 2.24) is 20.3 Å². The highest BCUT2D eigenvalue weighted by Crippen LogP contribution is 2.27. The predicted molar refractivity (Wildman–Crippen MR) is 124 cm³/mol. The van der Waals surface area contributed by atoms with Crippen molar-refractivity contribution in [3.8, 4) is 0 Å². The maximum atomic E-state index is 11.4. The summed E-state index contributed by atoms with van der Waals surface area (Å²) in [6.07, 6.45) is 1.44. The normalized spacial score (nSPS) is 11.0. The first-order valence-electron chi connectivity index (χ1n) is 9.74. The number of hydrogen-bond acceptors (Lipinski definition) is 12. The fourth-order valence-electron chi connectivity index (χ4n) is 2.88. The topological polar surface area (TPSA) is 160 Å². The zero-order valence-corrected chi connectivity index (χ0v) is 18.0. The Balaban J connectivity index is 1.55. The summed E-state index contributed by atoms with van der Waals surface area (Å²) in [5, 5.41) is 22.9. The van der Waals surface area contributed by atoms with Gasteiger partial charge < -0.3 is 4.90 Å². The van der Waals surface area contributed by atoms with Gasteiger partial charge in [0, 0.05) is 25.7 Å². The van der Waals surface area contributed by atoms with Gasteiger partial charge in [-0.15, -0.1) is 0 Å². The molecule has 2 aromatic heterocycles. The van der Waals surface area contributed by atoms with E-state index in [1.54, 1.807) is 31.1 Å². The van der Waals surface area contributed by atoms with Crippen LogP contribution in [-0.4, -0.2) is 45.5 Å². The average Bonchev–Trinajstić information content (AvgIpc) is 3.25. The third kappa shape index (κ3) is 4.92. The second-order valence-corrected chi connectivity index (χ2v) is 7.22. The number of aromatic nitrogens is 4. The monoisotopic (exact) mass is 448 g/mol. The summed E-state index contributed by atoms with van der Waals surface area (Å²) in [5.41, 5.74) is 12.1. The highest BCUT2D eigenvalue weighted by atomic mass is 16.6. The van der Waals surface area contributed by atoms with Crippen LogP contribution in [0.5, 0.6) is 0 Å². The van der Waals surface area contributed by atoms with Crippen molar-refractivity contribution in [2.75, 3.05) is 35.3 Å². The summed E-state index contributed by atoms with van der Waals surface area (Å²) in [6, 6.07) is 12.6. The number of anilines is 4. The van der Waals surface area contributed by atoms with Gasteiger partial charge in [0.25, 0.3) is 5.69 Å². The Morgan fingerprint density at radius 3 is 2.39 bits per heavy atom. The molecule has 0 aliphatic carbocycles. The molecular weight excluding hydrogens is 428 g/mol. The van der Waals surface area contributed by atoms with E-state index in [-0.39, 0.29) is 22.8 Å². The highest BCUT2D eigenvalue weighted by Gasteiger charge is 2.16. The van der Waals surface area contributed by atoms with Crippen molar-refractivity contribution in [3.05, 3.63) is 63.7 Å². The van der Waals surface area contributed by atoms with Crippen molar-refractivity contribution in [3.63, 3.8) is 0 Å². The van der Waals surface area contributed by atoms with Crippen molar-refractivity contribution in [1.29, 1.82) is 0 Å². The molecule has 0 aliphatic rings. The van der Waals surface area contributed by atoms with Gasteiger partial charge in [0.2, 0.25) is 11.3 Å². The van der Waals surface area contributed by atoms with Crippen LogP contribution in [0.3, 0.4) is 0 Å². The minimum Gasteiger partial charge on any atom is -0.372 e. The quantitative estimate of drug-likeness (QED) is 0.206. The number of nitrogens with zero attached hydrogens (tertiary/aromatic N) is 7. The summed E-state index contributed by atoms with van der Waals surface area (Å²) < 4.78 is 4.68. The Kier molecular flexibility index (Phi) is 5.93. The molecule has 0 atom stereocenters. The third-order valence-corrected chi connectivity index (χ3v) is 4.55. The smallest absolute Gasteiger partial charge is 0.293 e. The van der Waals surface area contributed by atoms with Gasteiger partial charge in [0.1, 0.15) is 5.69 Å². The van der Waals surface area contributed by atoms with Crippen LogP contribution in [0.25, 0.3) is 11.3 Å². The van der Waals surface area contributed by atoms with Gasteiger partial charge in [-0.2, -0.15) is 15.1 Å². The molecule has 4 rings (SSSR count). The first kappa shape index (κ1) is 21.4. The van der Waals surface area contributed by atoms with Gasteiger partial charge in [-0.1, -0.05) is 23.8 Å². The summed E-state index contributed by atoms with van der Waals surface area (Å²) in [7, 11) is 3.48. The number of rotatable bonds is 8. The summed E-state index contributed by atoms with van der Waals surface area (Å²) in [5.74, 6) is 0.540. The predicted octanol–water partition coefficient (Wildman–Crippen LogP) is 3.18. The van der Waals surface area contributed by atoms with Gasteiger partial charge in [0.15, 0.2) is 11.6 Å². The van der Waals surface area contributed by atoms with Gasteiger partial charge >= 0.3 is 0 Å². The number of nitro groups is 1. The van der Waals surface area contributed by atoms with Gasteiger partial charge in [-0.05, 0) is 35.4 Å².